The molecule has 1 aliphatic rings. The number of carbonyl (C=O) groups is 2. The Kier molecular flexibility index (Phi) is 5.01. The Balaban J connectivity index is 1.54. The van der Waals surface area contributed by atoms with Crippen molar-refractivity contribution in [1.29, 1.82) is 0 Å². The number of ether oxygens (including phenoxy) is 3. The highest BCUT2D eigenvalue weighted by Gasteiger charge is 2.19. The van der Waals surface area contributed by atoms with Gasteiger partial charge < -0.3 is 19.5 Å². The molecule has 0 saturated carbocycles. The van der Waals surface area contributed by atoms with Gasteiger partial charge in [0.15, 0.2) is 18.1 Å². The van der Waals surface area contributed by atoms with Crippen LogP contribution in [0.2, 0.25) is 0 Å². The zero-order valence-electron chi connectivity index (χ0n) is 13.8. The first-order chi connectivity index (χ1) is 12.4. The molecule has 2 aromatic carbocycles. The maximum atomic E-state index is 13.7. The van der Waals surface area contributed by atoms with E-state index in [9.17, 15) is 18.4 Å². The second-order valence-electron chi connectivity index (χ2n) is 5.60. The number of hydrogen-bond donors (Lipinski definition) is 1. The lowest BCUT2D eigenvalue weighted by Gasteiger charge is -2.15. The number of fused-ring (bicyclic) bond motifs is 1. The number of rotatable bonds is 5. The monoisotopic (exact) mass is 363 g/mol. The van der Waals surface area contributed by atoms with Crippen molar-refractivity contribution in [3.05, 3.63) is 59.2 Å². The smallest absolute Gasteiger partial charge is 0.338 e. The zero-order chi connectivity index (χ0) is 18.7. The van der Waals surface area contributed by atoms with Gasteiger partial charge in [-0.2, -0.15) is 0 Å². The summed E-state index contributed by atoms with van der Waals surface area (Å²) in [6, 6.07) is 6.88. The molecule has 1 aliphatic heterocycles. The van der Waals surface area contributed by atoms with Crippen LogP contribution in [0, 0.1) is 11.6 Å². The van der Waals surface area contributed by atoms with E-state index in [4.69, 9.17) is 14.2 Å². The van der Waals surface area contributed by atoms with Crippen LogP contribution in [0.1, 0.15) is 28.9 Å². The molecule has 0 fully saturated rings. The van der Waals surface area contributed by atoms with E-state index in [1.54, 1.807) is 6.07 Å². The van der Waals surface area contributed by atoms with E-state index in [2.05, 4.69) is 5.32 Å². The Hall–Kier alpha value is -3.16. The topological polar surface area (TPSA) is 73.9 Å². The van der Waals surface area contributed by atoms with Crippen LogP contribution in [-0.4, -0.2) is 25.3 Å². The first-order valence-corrected chi connectivity index (χ1v) is 7.75. The van der Waals surface area contributed by atoms with Crippen LogP contribution in [0.4, 0.5) is 8.78 Å². The summed E-state index contributed by atoms with van der Waals surface area (Å²) in [6.45, 7) is 1.07. The van der Waals surface area contributed by atoms with Crippen LogP contribution in [-0.2, 0) is 9.53 Å². The number of esters is 1. The van der Waals surface area contributed by atoms with Crippen molar-refractivity contribution in [3.8, 4) is 11.5 Å². The van der Waals surface area contributed by atoms with Crippen LogP contribution in [0.3, 0.4) is 0 Å². The van der Waals surface area contributed by atoms with Gasteiger partial charge in [0, 0.05) is 11.6 Å². The lowest BCUT2D eigenvalue weighted by molar-refractivity contribution is -0.124. The number of carbonyl (C=O) groups excluding carboxylic acids is 2. The third-order valence-electron chi connectivity index (χ3n) is 3.75. The molecule has 3 rings (SSSR count). The third kappa shape index (κ3) is 3.90. The predicted octanol–water partition coefficient (Wildman–Crippen LogP) is 2.73. The second-order valence-corrected chi connectivity index (χ2v) is 5.60. The molecular formula is C18H15F2NO5. The Morgan fingerprint density at radius 1 is 1.15 bits per heavy atom. The van der Waals surface area contributed by atoms with Crippen molar-refractivity contribution in [1.82, 2.24) is 5.32 Å². The average molecular weight is 363 g/mol. The highest BCUT2D eigenvalue weighted by molar-refractivity contribution is 5.92. The molecule has 0 aromatic heterocycles. The van der Waals surface area contributed by atoms with E-state index < -0.39 is 36.2 Å². The van der Waals surface area contributed by atoms with Crippen molar-refractivity contribution >= 4 is 11.9 Å². The van der Waals surface area contributed by atoms with E-state index >= 15 is 0 Å². The molecular weight excluding hydrogens is 348 g/mol. The van der Waals surface area contributed by atoms with Crippen molar-refractivity contribution in [3.63, 3.8) is 0 Å². The SMILES string of the molecule is C[C@H](NC(=O)COC(=O)c1ccc2c(c1)OCO2)c1ccc(F)cc1F. The summed E-state index contributed by atoms with van der Waals surface area (Å²) in [6.07, 6.45) is 0. The summed E-state index contributed by atoms with van der Waals surface area (Å²) >= 11 is 0. The lowest BCUT2D eigenvalue weighted by Crippen LogP contribution is -2.31. The van der Waals surface area contributed by atoms with Gasteiger partial charge in [-0.05, 0) is 31.2 Å². The number of nitrogens with one attached hydrogen (secondary N) is 1. The molecule has 0 saturated heterocycles. The van der Waals surface area contributed by atoms with Crippen LogP contribution in [0.15, 0.2) is 36.4 Å². The number of amides is 1. The van der Waals surface area contributed by atoms with Crippen LogP contribution in [0.25, 0.3) is 0 Å². The Bertz CT molecular complexity index is 855. The van der Waals surface area contributed by atoms with Crippen molar-refractivity contribution in [2.75, 3.05) is 13.4 Å². The van der Waals surface area contributed by atoms with E-state index in [1.807, 2.05) is 0 Å². The minimum absolute atomic E-state index is 0.0775. The summed E-state index contributed by atoms with van der Waals surface area (Å²) in [5.41, 5.74) is 0.335. The molecule has 0 spiro atoms. The fraction of sp³-hybridized carbons (Fsp3) is 0.222. The minimum atomic E-state index is -0.768. The maximum absolute atomic E-state index is 13.7. The van der Waals surface area contributed by atoms with Gasteiger partial charge in [-0.1, -0.05) is 6.07 Å². The molecule has 1 heterocycles. The normalized spacial score (nSPS) is 13.2. The molecule has 0 radical (unpaired) electrons. The van der Waals surface area contributed by atoms with Gasteiger partial charge in [0.2, 0.25) is 6.79 Å². The molecule has 8 heteroatoms. The quantitative estimate of drug-likeness (QED) is 0.827. The average Bonchev–Trinajstić information content (AvgIpc) is 3.07. The fourth-order valence-electron chi connectivity index (χ4n) is 2.45. The van der Waals surface area contributed by atoms with E-state index in [1.165, 1.54) is 25.1 Å². The van der Waals surface area contributed by atoms with Gasteiger partial charge in [-0.25, -0.2) is 13.6 Å². The highest BCUT2D eigenvalue weighted by atomic mass is 19.1. The molecule has 6 nitrogen and oxygen atoms in total. The van der Waals surface area contributed by atoms with Gasteiger partial charge in [0.1, 0.15) is 11.6 Å². The van der Waals surface area contributed by atoms with Crippen LogP contribution >= 0.6 is 0 Å². The summed E-state index contributed by atoms with van der Waals surface area (Å²) < 4.78 is 41.9. The number of benzene rings is 2. The molecule has 1 N–H and O–H groups in total. The Morgan fingerprint density at radius 2 is 1.92 bits per heavy atom. The number of hydrogen-bond acceptors (Lipinski definition) is 5. The lowest BCUT2D eigenvalue weighted by atomic mass is 10.1. The molecule has 1 atom stereocenters. The summed E-state index contributed by atoms with van der Waals surface area (Å²) in [5.74, 6) is -1.86. The molecule has 0 bridgehead atoms. The standard InChI is InChI=1S/C18H15F2NO5/c1-10(13-4-3-12(19)7-14(13)20)21-17(22)8-24-18(23)11-2-5-15-16(6-11)26-9-25-15/h2-7,10H,8-9H2,1H3,(H,21,22)/t10-/m0/s1. The Morgan fingerprint density at radius 3 is 2.69 bits per heavy atom. The van der Waals surface area contributed by atoms with Gasteiger partial charge >= 0.3 is 5.97 Å². The third-order valence-corrected chi connectivity index (χ3v) is 3.75. The fourth-order valence-corrected chi connectivity index (χ4v) is 2.45. The summed E-state index contributed by atoms with van der Waals surface area (Å²) in [4.78, 5) is 23.9. The summed E-state index contributed by atoms with van der Waals surface area (Å²) in [7, 11) is 0. The van der Waals surface area contributed by atoms with Crippen LogP contribution < -0.4 is 14.8 Å². The van der Waals surface area contributed by atoms with E-state index in [0.717, 1.165) is 12.1 Å². The van der Waals surface area contributed by atoms with E-state index in [0.29, 0.717) is 11.5 Å². The highest BCUT2D eigenvalue weighted by Crippen LogP contribution is 2.32. The molecule has 26 heavy (non-hydrogen) atoms. The molecule has 136 valence electrons. The predicted molar refractivity (Wildman–Crippen MR) is 85.8 cm³/mol. The first-order valence-electron chi connectivity index (χ1n) is 7.75. The molecule has 0 unspecified atom stereocenters. The molecule has 2 aromatic rings. The zero-order valence-corrected chi connectivity index (χ0v) is 13.8. The van der Waals surface area contributed by atoms with Gasteiger partial charge in [0.05, 0.1) is 11.6 Å². The van der Waals surface area contributed by atoms with E-state index in [-0.39, 0.29) is 17.9 Å². The first kappa shape index (κ1) is 17.7. The van der Waals surface area contributed by atoms with Gasteiger partial charge in [0.25, 0.3) is 5.91 Å². The number of halogens is 2. The minimum Gasteiger partial charge on any atom is -0.454 e. The molecule has 0 aliphatic carbocycles. The largest absolute Gasteiger partial charge is 0.454 e. The van der Waals surface area contributed by atoms with Crippen LogP contribution in [0.5, 0.6) is 11.5 Å². The van der Waals surface area contributed by atoms with Gasteiger partial charge in [-0.15, -0.1) is 0 Å². The second kappa shape index (κ2) is 7.38. The van der Waals surface area contributed by atoms with Crippen molar-refractivity contribution in [2.45, 2.75) is 13.0 Å². The maximum Gasteiger partial charge on any atom is 0.338 e. The summed E-state index contributed by atoms with van der Waals surface area (Å²) in [5, 5.41) is 2.48. The van der Waals surface area contributed by atoms with Crippen molar-refractivity contribution < 1.29 is 32.6 Å². The molecule has 1 amide bonds. The van der Waals surface area contributed by atoms with Gasteiger partial charge in [-0.3, -0.25) is 4.79 Å². The van der Waals surface area contributed by atoms with Crippen molar-refractivity contribution in [2.24, 2.45) is 0 Å². The Labute approximate surface area is 147 Å².